The highest BCUT2D eigenvalue weighted by Gasteiger charge is 2.37. The van der Waals surface area contributed by atoms with Gasteiger partial charge in [-0.1, -0.05) is 27.7 Å². The Kier molecular flexibility index (Phi) is 6.41. The summed E-state index contributed by atoms with van der Waals surface area (Å²) in [5.41, 5.74) is 8.85. The minimum Gasteiger partial charge on any atom is -0.368 e. The number of rotatable bonds is 7. The van der Waals surface area contributed by atoms with E-state index in [9.17, 15) is 14.4 Å². The molecular formula is C22H35N3O3. The summed E-state index contributed by atoms with van der Waals surface area (Å²) in [4.78, 5) is 37.4. The summed E-state index contributed by atoms with van der Waals surface area (Å²) in [5.74, 6) is -0.462. The molecule has 3 N–H and O–H groups in total. The lowest BCUT2D eigenvalue weighted by atomic mass is 9.75. The molecule has 1 aromatic rings. The zero-order chi connectivity index (χ0) is 21.4. The average Bonchev–Trinajstić information content (AvgIpc) is 2.76. The average molecular weight is 390 g/mol. The summed E-state index contributed by atoms with van der Waals surface area (Å²) in [7, 11) is 0. The van der Waals surface area contributed by atoms with Gasteiger partial charge in [0.05, 0.1) is 6.42 Å². The van der Waals surface area contributed by atoms with Gasteiger partial charge >= 0.3 is 0 Å². The van der Waals surface area contributed by atoms with Gasteiger partial charge in [-0.25, -0.2) is 0 Å². The molecule has 1 aromatic heterocycles. The standard InChI is InChI=1S/C22H35N3O3/c1-12(2)8-16(21(23)28)24-19(27)9-15-14(5)25(13(3)4)17-10-22(6,7)11-18(26)20(15)17/h12-13,16H,8-11H2,1-7H3,(H2,23,28)(H,24,27)/t16-/m0/s1. The van der Waals surface area contributed by atoms with E-state index in [0.717, 1.165) is 23.4 Å². The van der Waals surface area contributed by atoms with Crippen molar-refractivity contribution in [2.45, 2.75) is 86.2 Å². The zero-order valence-electron chi connectivity index (χ0n) is 18.3. The van der Waals surface area contributed by atoms with Gasteiger partial charge in [-0.15, -0.1) is 0 Å². The first-order valence-corrected chi connectivity index (χ1v) is 10.2. The number of hydrogen-bond donors (Lipinski definition) is 2. The molecule has 6 heteroatoms. The van der Waals surface area contributed by atoms with Crippen LogP contribution < -0.4 is 11.1 Å². The molecule has 1 aliphatic carbocycles. The maximum Gasteiger partial charge on any atom is 0.240 e. The first-order valence-electron chi connectivity index (χ1n) is 10.2. The molecule has 0 unspecified atom stereocenters. The van der Waals surface area contributed by atoms with E-state index in [0.29, 0.717) is 18.4 Å². The van der Waals surface area contributed by atoms with Crippen molar-refractivity contribution in [1.82, 2.24) is 9.88 Å². The number of ketones is 1. The fourth-order valence-electron chi connectivity index (χ4n) is 4.40. The van der Waals surface area contributed by atoms with E-state index in [1.165, 1.54) is 0 Å². The van der Waals surface area contributed by atoms with Crippen molar-refractivity contribution in [2.24, 2.45) is 17.1 Å². The lowest BCUT2D eigenvalue weighted by molar-refractivity contribution is -0.127. The Balaban J connectivity index is 2.38. The topological polar surface area (TPSA) is 94.2 Å². The molecule has 2 amide bonds. The van der Waals surface area contributed by atoms with Gasteiger partial charge in [-0.05, 0) is 50.5 Å². The first-order chi connectivity index (χ1) is 12.8. The molecule has 0 aliphatic heterocycles. The minimum atomic E-state index is -0.689. The second-order valence-corrected chi connectivity index (χ2v) is 9.62. The predicted octanol–water partition coefficient (Wildman–Crippen LogP) is 3.09. The number of nitrogens with one attached hydrogen (secondary N) is 1. The SMILES string of the molecule is Cc1c(CC(=O)N[C@@H](CC(C)C)C(N)=O)c2c(n1C(C)C)CC(C)(C)CC2=O. The number of hydrogen-bond acceptors (Lipinski definition) is 3. The second kappa shape index (κ2) is 8.10. The molecule has 2 rings (SSSR count). The van der Waals surface area contributed by atoms with Gasteiger partial charge in [-0.3, -0.25) is 14.4 Å². The van der Waals surface area contributed by atoms with Crippen LogP contribution in [0.2, 0.25) is 0 Å². The maximum atomic E-state index is 12.9. The molecule has 0 spiro atoms. The molecule has 1 aliphatic rings. The third-order valence-corrected chi connectivity index (χ3v) is 5.48. The maximum absolute atomic E-state index is 12.9. The number of nitrogens with zero attached hydrogens (tertiary/aromatic N) is 1. The van der Waals surface area contributed by atoms with Crippen molar-refractivity contribution in [1.29, 1.82) is 0 Å². The van der Waals surface area contributed by atoms with Gasteiger partial charge in [0.1, 0.15) is 6.04 Å². The number of aromatic nitrogens is 1. The molecule has 0 radical (unpaired) electrons. The van der Waals surface area contributed by atoms with Crippen molar-refractivity contribution in [3.05, 3.63) is 22.5 Å². The summed E-state index contributed by atoms with van der Waals surface area (Å²) in [6.07, 6.45) is 1.87. The van der Waals surface area contributed by atoms with Crippen LogP contribution in [-0.2, 0) is 22.4 Å². The van der Waals surface area contributed by atoms with E-state index in [-0.39, 0.29) is 35.5 Å². The Bertz CT molecular complexity index is 787. The van der Waals surface area contributed by atoms with Crippen molar-refractivity contribution in [3.63, 3.8) is 0 Å². The van der Waals surface area contributed by atoms with Crippen LogP contribution in [0.15, 0.2) is 0 Å². The molecule has 0 saturated heterocycles. The Morgan fingerprint density at radius 2 is 1.79 bits per heavy atom. The lowest BCUT2D eigenvalue weighted by Crippen LogP contribution is -2.45. The number of carbonyl (C=O) groups is 3. The number of Topliss-reactive ketones (excluding diaryl/α,β-unsaturated/α-hetero) is 1. The van der Waals surface area contributed by atoms with Crippen molar-refractivity contribution in [3.8, 4) is 0 Å². The number of primary amides is 1. The Labute approximate surface area is 168 Å². The molecular weight excluding hydrogens is 354 g/mol. The lowest BCUT2D eigenvalue weighted by Gasteiger charge is -2.31. The van der Waals surface area contributed by atoms with Crippen LogP contribution in [0.1, 0.15) is 87.7 Å². The number of amides is 2. The second-order valence-electron chi connectivity index (χ2n) is 9.62. The highest BCUT2D eigenvalue weighted by molar-refractivity contribution is 6.02. The van der Waals surface area contributed by atoms with Gasteiger partial charge in [-0.2, -0.15) is 0 Å². The van der Waals surface area contributed by atoms with Crippen LogP contribution in [-0.4, -0.2) is 28.2 Å². The van der Waals surface area contributed by atoms with Crippen LogP contribution in [0.5, 0.6) is 0 Å². The van der Waals surface area contributed by atoms with Crippen molar-refractivity contribution >= 4 is 17.6 Å². The van der Waals surface area contributed by atoms with Gasteiger partial charge < -0.3 is 15.6 Å². The Hall–Kier alpha value is -2.11. The smallest absolute Gasteiger partial charge is 0.240 e. The number of fused-ring (bicyclic) bond motifs is 1. The zero-order valence-corrected chi connectivity index (χ0v) is 18.3. The van der Waals surface area contributed by atoms with Crippen LogP contribution in [0.25, 0.3) is 0 Å². The van der Waals surface area contributed by atoms with E-state index in [2.05, 4.69) is 37.6 Å². The van der Waals surface area contributed by atoms with Crippen LogP contribution in [0, 0.1) is 18.3 Å². The highest BCUT2D eigenvalue weighted by atomic mass is 16.2. The summed E-state index contributed by atoms with van der Waals surface area (Å²) in [6, 6.07) is -0.489. The highest BCUT2D eigenvalue weighted by Crippen LogP contribution is 2.40. The Morgan fingerprint density at radius 1 is 1.18 bits per heavy atom. The van der Waals surface area contributed by atoms with Gasteiger partial charge in [0.2, 0.25) is 11.8 Å². The number of carbonyl (C=O) groups excluding carboxylic acids is 3. The van der Waals surface area contributed by atoms with E-state index in [1.807, 2.05) is 20.8 Å². The molecule has 0 saturated carbocycles. The summed E-state index contributed by atoms with van der Waals surface area (Å²) < 4.78 is 2.19. The third kappa shape index (κ3) is 4.65. The molecule has 1 atom stereocenters. The summed E-state index contributed by atoms with van der Waals surface area (Å²) in [5, 5.41) is 2.77. The van der Waals surface area contributed by atoms with E-state index >= 15 is 0 Å². The van der Waals surface area contributed by atoms with Crippen molar-refractivity contribution in [2.75, 3.05) is 0 Å². The van der Waals surface area contributed by atoms with E-state index in [1.54, 1.807) is 0 Å². The fourth-order valence-corrected chi connectivity index (χ4v) is 4.40. The fraction of sp³-hybridized carbons (Fsp3) is 0.682. The van der Waals surface area contributed by atoms with E-state index < -0.39 is 11.9 Å². The van der Waals surface area contributed by atoms with Gasteiger partial charge in [0.15, 0.2) is 5.78 Å². The summed E-state index contributed by atoms with van der Waals surface area (Å²) in [6.45, 7) is 14.3. The molecule has 0 bridgehead atoms. The Morgan fingerprint density at radius 3 is 2.29 bits per heavy atom. The molecule has 156 valence electrons. The van der Waals surface area contributed by atoms with Crippen molar-refractivity contribution < 1.29 is 14.4 Å². The largest absolute Gasteiger partial charge is 0.368 e. The van der Waals surface area contributed by atoms with E-state index in [4.69, 9.17) is 5.73 Å². The normalized spacial score (nSPS) is 17.0. The summed E-state index contributed by atoms with van der Waals surface area (Å²) >= 11 is 0. The minimum absolute atomic E-state index is 0.0852. The molecule has 6 nitrogen and oxygen atoms in total. The number of nitrogens with two attached hydrogens (primary N) is 1. The quantitative estimate of drug-likeness (QED) is 0.750. The molecule has 28 heavy (non-hydrogen) atoms. The monoisotopic (exact) mass is 389 g/mol. The predicted molar refractivity (Wildman–Crippen MR) is 110 cm³/mol. The first kappa shape index (κ1) is 22.2. The molecule has 0 fully saturated rings. The molecule has 0 aromatic carbocycles. The molecule has 1 heterocycles. The van der Waals surface area contributed by atoms with Crippen LogP contribution >= 0.6 is 0 Å². The van der Waals surface area contributed by atoms with Crippen LogP contribution in [0.4, 0.5) is 0 Å². The van der Waals surface area contributed by atoms with Crippen LogP contribution in [0.3, 0.4) is 0 Å². The third-order valence-electron chi connectivity index (χ3n) is 5.48. The van der Waals surface area contributed by atoms with Gasteiger partial charge in [0.25, 0.3) is 0 Å². The van der Waals surface area contributed by atoms with Gasteiger partial charge in [0, 0.05) is 29.4 Å².